The molecular weight excluding hydrogens is 356 g/mol. The zero-order valence-electron chi connectivity index (χ0n) is 18.0. The third kappa shape index (κ3) is 5.09. The molecule has 0 unspecified atom stereocenters. The van der Waals surface area contributed by atoms with Gasteiger partial charge in [0.05, 0.1) is 6.10 Å². The van der Waals surface area contributed by atoms with E-state index in [1.54, 1.807) is 0 Å². The molecule has 2 aliphatic rings. The summed E-state index contributed by atoms with van der Waals surface area (Å²) in [5.41, 5.74) is 3.97. The molecule has 0 bridgehead atoms. The van der Waals surface area contributed by atoms with Crippen LogP contribution in [0.5, 0.6) is 0 Å². The summed E-state index contributed by atoms with van der Waals surface area (Å²) in [6.07, 6.45) is 4.82. The van der Waals surface area contributed by atoms with Crippen LogP contribution in [0.15, 0.2) is 54.6 Å². The summed E-state index contributed by atoms with van der Waals surface area (Å²) in [6.45, 7) is 6.83. The molecule has 1 N–H and O–H groups in total. The van der Waals surface area contributed by atoms with Gasteiger partial charge in [0.2, 0.25) is 0 Å². The molecule has 3 nitrogen and oxygen atoms in total. The third-order valence-corrected chi connectivity index (χ3v) is 7.13. The van der Waals surface area contributed by atoms with Crippen molar-refractivity contribution >= 4 is 0 Å². The molecule has 0 radical (unpaired) electrons. The number of likely N-dealkylation sites (tertiary alicyclic amines) is 1. The van der Waals surface area contributed by atoms with E-state index in [-0.39, 0.29) is 6.04 Å². The van der Waals surface area contributed by atoms with Gasteiger partial charge in [0.25, 0.3) is 0 Å². The molecule has 0 aromatic heterocycles. The average molecular weight is 393 g/mol. The van der Waals surface area contributed by atoms with Crippen molar-refractivity contribution in [3.63, 3.8) is 0 Å². The first-order valence-corrected chi connectivity index (χ1v) is 11.3. The van der Waals surface area contributed by atoms with Crippen molar-refractivity contribution in [2.75, 3.05) is 26.7 Å². The van der Waals surface area contributed by atoms with Gasteiger partial charge in [-0.05, 0) is 81.3 Å². The number of hydrogen-bond donors (Lipinski definition) is 1. The lowest BCUT2D eigenvalue weighted by Gasteiger charge is -2.40. The van der Waals surface area contributed by atoms with Crippen LogP contribution < -0.4 is 0 Å². The molecule has 2 atom stereocenters. The number of aliphatic hydroxyl groups is 1. The summed E-state index contributed by atoms with van der Waals surface area (Å²) in [5, 5.41) is 10.7. The van der Waals surface area contributed by atoms with Crippen molar-refractivity contribution in [2.24, 2.45) is 5.92 Å². The first-order valence-electron chi connectivity index (χ1n) is 11.3. The largest absolute Gasteiger partial charge is 0.387 e. The molecule has 29 heavy (non-hydrogen) atoms. The molecule has 0 amide bonds. The Balaban J connectivity index is 1.23. The maximum atomic E-state index is 10.7. The van der Waals surface area contributed by atoms with E-state index in [2.05, 4.69) is 48.0 Å². The smallest absolute Gasteiger partial charge is 0.0942 e. The molecule has 1 saturated carbocycles. The minimum Gasteiger partial charge on any atom is -0.387 e. The summed E-state index contributed by atoms with van der Waals surface area (Å²) in [4.78, 5) is 4.90. The Bertz CT molecular complexity index is 748. The quantitative estimate of drug-likeness (QED) is 0.697. The van der Waals surface area contributed by atoms with Crippen LogP contribution in [-0.4, -0.2) is 47.6 Å². The van der Waals surface area contributed by atoms with Crippen LogP contribution in [0.4, 0.5) is 0 Å². The van der Waals surface area contributed by atoms with Crippen molar-refractivity contribution in [3.8, 4) is 0 Å². The summed E-state index contributed by atoms with van der Waals surface area (Å²) in [7, 11) is 2.15. The van der Waals surface area contributed by atoms with Gasteiger partial charge in [0, 0.05) is 19.1 Å². The van der Waals surface area contributed by atoms with Gasteiger partial charge in [-0.15, -0.1) is 0 Å². The van der Waals surface area contributed by atoms with Gasteiger partial charge in [0.15, 0.2) is 0 Å². The topological polar surface area (TPSA) is 26.7 Å². The predicted octanol–water partition coefficient (Wildman–Crippen LogP) is 4.83. The van der Waals surface area contributed by atoms with Crippen molar-refractivity contribution < 1.29 is 5.11 Å². The highest BCUT2D eigenvalue weighted by Crippen LogP contribution is 2.42. The zero-order valence-corrected chi connectivity index (χ0v) is 18.0. The lowest BCUT2D eigenvalue weighted by Crippen LogP contribution is -2.40. The number of benzene rings is 2. The van der Waals surface area contributed by atoms with E-state index in [1.807, 2.05) is 30.3 Å². The van der Waals surface area contributed by atoms with E-state index in [0.717, 1.165) is 24.6 Å². The SMILES string of the molecule is C[C@H]([C@H](O)c1ccccc1)N(C)C[C@H]1C[C@H](c2ccc(CN3CCCC3)cc2)C1. The van der Waals surface area contributed by atoms with E-state index in [9.17, 15) is 5.11 Å². The third-order valence-electron chi connectivity index (χ3n) is 7.13. The minimum absolute atomic E-state index is 0.126. The fourth-order valence-electron chi connectivity index (χ4n) is 4.99. The Kier molecular flexibility index (Phi) is 6.69. The van der Waals surface area contributed by atoms with E-state index in [1.165, 1.54) is 49.9 Å². The first-order chi connectivity index (χ1) is 14.1. The van der Waals surface area contributed by atoms with Crippen molar-refractivity contribution in [1.82, 2.24) is 9.80 Å². The van der Waals surface area contributed by atoms with E-state index in [4.69, 9.17) is 0 Å². The lowest BCUT2D eigenvalue weighted by molar-refractivity contribution is 0.0522. The van der Waals surface area contributed by atoms with Crippen LogP contribution in [0, 0.1) is 5.92 Å². The van der Waals surface area contributed by atoms with Gasteiger partial charge in [-0.1, -0.05) is 54.6 Å². The van der Waals surface area contributed by atoms with Crippen molar-refractivity contribution in [1.29, 1.82) is 0 Å². The Hall–Kier alpha value is -1.68. The molecular formula is C26H36N2O. The van der Waals surface area contributed by atoms with Crippen LogP contribution in [0.25, 0.3) is 0 Å². The molecule has 1 heterocycles. The second-order valence-corrected chi connectivity index (χ2v) is 9.29. The number of rotatable bonds is 8. The highest BCUT2D eigenvalue weighted by molar-refractivity contribution is 5.27. The Labute approximate surface area is 176 Å². The summed E-state index contributed by atoms with van der Waals surface area (Å²) >= 11 is 0. The number of nitrogens with zero attached hydrogens (tertiary/aromatic N) is 2. The van der Waals surface area contributed by atoms with Gasteiger partial charge in [-0.25, -0.2) is 0 Å². The molecule has 156 valence electrons. The molecule has 4 rings (SSSR count). The van der Waals surface area contributed by atoms with Crippen LogP contribution in [0.3, 0.4) is 0 Å². The lowest BCUT2D eigenvalue weighted by atomic mass is 9.71. The fourth-order valence-corrected chi connectivity index (χ4v) is 4.99. The average Bonchev–Trinajstić information content (AvgIpc) is 3.23. The van der Waals surface area contributed by atoms with Crippen molar-refractivity contribution in [2.45, 2.75) is 57.2 Å². The summed E-state index contributed by atoms with van der Waals surface area (Å²) in [5.74, 6) is 1.45. The molecule has 2 aromatic rings. The highest BCUT2D eigenvalue weighted by Gasteiger charge is 2.32. The minimum atomic E-state index is -0.430. The van der Waals surface area contributed by atoms with Crippen LogP contribution in [-0.2, 0) is 6.54 Å². The molecule has 0 spiro atoms. The van der Waals surface area contributed by atoms with Crippen LogP contribution >= 0.6 is 0 Å². The van der Waals surface area contributed by atoms with Gasteiger partial charge in [0.1, 0.15) is 0 Å². The maximum absolute atomic E-state index is 10.7. The molecule has 1 aliphatic carbocycles. The molecule has 1 saturated heterocycles. The second kappa shape index (κ2) is 9.42. The Morgan fingerprint density at radius 2 is 1.66 bits per heavy atom. The molecule has 2 fully saturated rings. The van der Waals surface area contributed by atoms with Crippen molar-refractivity contribution in [3.05, 3.63) is 71.3 Å². The van der Waals surface area contributed by atoms with Crippen LogP contribution in [0.2, 0.25) is 0 Å². The molecule has 1 aliphatic heterocycles. The highest BCUT2D eigenvalue weighted by atomic mass is 16.3. The van der Waals surface area contributed by atoms with Crippen LogP contribution in [0.1, 0.15) is 61.3 Å². The fraction of sp³-hybridized carbons (Fsp3) is 0.538. The van der Waals surface area contributed by atoms with E-state index >= 15 is 0 Å². The maximum Gasteiger partial charge on any atom is 0.0942 e. The summed E-state index contributed by atoms with van der Waals surface area (Å²) < 4.78 is 0. The second-order valence-electron chi connectivity index (χ2n) is 9.29. The summed E-state index contributed by atoms with van der Waals surface area (Å²) in [6, 6.07) is 19.5. The number of likely N-dealkylation sites (N-methyl/N-ethyl adjacent to an activating group) is 1. The van der Waals surface area contributed by atoms with E-state index < -0.39 is 6.10 Å². The Morgan fingerprint density at radius 3 is 2.31 bits per heavy atom. The Morgan fingerprint density at radius 1 is 1.00 bits per heavy atom. The van der Waals surface area contributed by atoms with Gasteiger partial charge in [-0.2, -0.15) is 0 Å². The van der Waals surface area contributed by atoms with E-state index in [0.29, 0.717) is 5.92 Å². The number of hydrogen-bond acceptors (Lipinski definition) is 3. The normalized spacial score (nSPS) is 24.4. The standard InChI is InChI=1S/C26H36N2O/c1-20(26(29)24-8-4-3-5-9-24)27(2)18-22-16-25(17-22)23-12-10-21(11-13-23)19-28-14-6-7-15-28/h3-5,8-13,20,22,25-26,29H,6-7,14-19H2,1-2H3/t20-,22-,25-,26+/m1/s1. The van der Waals surface area contributed by atoms with Gasteiger partial charge < -0.3 is 10.0 Å². The zero-order chi connectivity index (χ0) is 20.2. The van der Waals surface area contributed by atoms with Gasteiger partial charge >= 0.3 is 0 Å². The van der Waals surface area contributed by atoms with Gasteiger partial charge in [-0.3, -0.25) is 4.90 Å². The number of aliphatic hydroxyl groups excluding tert-OH is 1. The first kappa shape index (κ1) is 20.6. The monoisotopic (exact) mass is 392 g/mol. The molecule has 2 aromatic carbocycles. The molecule has 3 heteroatoms. The predicted molar refractivity (Wildman–Crippen MR) is 120 cm³/mol.